The summed E-state index contributed by atoms with van der Waals surface area (Å²) in [6.07, 6.45) is 2.65. The predicted octanol–water partition coefficient (Wildman–Crippen LogP) is 2.18. The van der Waals surface area contributed by atoms with E-state index in [2.05, 4.69) is 10.1 Å². The van der Waals surface area contributed by atoms with Gasteiger partial charge in [0, 0.05) is 13.0 Å². The molecular weight excluding hydrogens is 245 g/mol. The van der Waals surface area contributed by atoms with Crippen molar-refractivity contribution >= 4 is 5.78 Å². The molecule has 0 aliphatic heterocycles. The molecule has 0 aliphatic carbocycles. The van der Waals surface area contributed by atoms with Crippen molar-refractivity contribution in [1.29, 1.82) is 0 Å². The number of rotatable bonds is 6. The van der Waals surface area contributed by atoms with Crippen LogP contribution in [0.1, 0.15) is 24.7 Å². The molecule has 4 nitrogen and oxygen atoms in total. The van der Waals surface area contributed by atoms with E-state index >= 15 is 0 Å². The molecule has 0 bridgehead atoms. The lowest BCUT2D eigenvalue weighted by Gasteiger charge is -2.04. The van der Waals surface area contributed by atoms with E-state index in [-0.39, 0.29) is 24.4 Å². The minimum Gasteiger partial charge on any atom is -0.299 e. The molecule has 2 aromatic rings. The number of hydrogen-bond acceptors (Lipinski definition) is 3. The fourth-order valence-electron chi connectivity index (χ4n) is 1.92. The van der Waals surface area contributed by atoms with Gasteiger partial charge in [-0.2, -0.15) is 5.10 Å². The molecule has 0 saturated carbocycles. The van der Waals surface area contributed by atoms with E-state index in [0.717, 1.165) is 13.0 Å². The quantitative estimate of drug-likeness (QED) is 0.800. The Balaban J connectivity index is 2.02. The van der Waals surface area contributed by atoms with E-state index in [1.54, 1.807) is 22.9 Å². The summed E-state index contributed by atoms with van der Waals surface area (Å²) >= 11 is 0. The molecule has 1 heterocycles. The first kappa shape index (κ1) is 13.4. The number of hydrogen-bond donors (Lipinski definition) is 0. The first-order valence-corrected chi connectivity index (χ1v) is 6.32. The Labute approximate surface area is 111 Å². The van der Waals surface area contributed by atoms with Gasteiger partial charge in [-0.3, -0.25) is 4.79 Å². The van der Waals surface area contributed by atoms with E-state index in [1.807, 2.05) is 6.92 Å². The van der Waals surface area contributed by atoms with Gasteiger partial charge in [-0.15, -0.1) is 0 Å². The van der Waals surface area contributed by atoms with Crippen molar-refractivity contribution in [3.8, 4) is 0 Å². The molecule has 19 heavy (non-hydrogen) atoms. The van der Waals surface area contributed by atoms with Crippen molar-refractivity contribution in [2.24, 2.45) is 0 Å². The topological polar surface area (TPSA) is 47.8 Å². The largest absolute Gasteiger partial charge is 0.299 e. The number of nitrogens with zero attached hydrogens (tertiary/aromatic N) is 3. The summed E-state index contributed by atoms with van der Waals surface area (Å²) in [6, 6.07) is 6.33. The van der Waals surface area contributed by atoms with Crippen LogP contribution in [0.2, 0.25) is 0 Å². The number of halogens is 1. The Bertz CT molecular complexity index is 565. The van der Waals surface area contributed by atoms with Gasteiger partial charge in [-0.25, -0.2) is 14.1 Å². The van der Waals surface area contributed by atoms with Gasteiger partial charge in [0.15, 0.2) is 0 Å². The van der Waals surface area contributed by atoms with E-state index in [0.29, 0.717) is 11.4 Å². The zero-order valence-electron chi connectivity index (χ0n) is 10.8. The third-order valence-corrected chi connectivity index (χ3v) is 2.83. The summed E-state index contributed by atoms with van der Waals surface area (Å²) in [5.74, 6) is 0.240. The summed E-state index contributed by atoms with van der Waals surface area (Å²) in [5.41, 5.74) is 0.425. The van der Waals surface area contributed by atoms with Crippen LogP contribution in [0.5, 0.6) is 0 Å². The highest BCUT2D eigenvalue weighted by atomic mass is 19.1. The lowest BCUT2D eigenvalue weighted by Crippen LogP contribution is -2.13. The summed E-state index contributed by atoms with van der Waals surface area (Å²) in [7, 11) is 0. The van der Waals surface area contributed by atoms with Crippen molar-refractivity contribution in [2.75, 3.05) is 0 Å². The Kier molecular flexibility index (Phi) is 4.39. The monoisotopic (exact) mass is 261 g/mol. The minimum atomic E-state index is -0.342. The first-order chi connectivity index (χ1) is 9.20. The third kappa shape index (κ3) is 3.47. The van der Waals surface area contributed by atoms with Gasteiger partial charge in [0.2, 0.25) is 0 Å². The van der Waals surface area contributed by atoms with Crippen molar-refractivity contribution in [2.45, 2.75) is 32.7 Å². The molecule has 1 aromatic carbocycles. The maximum absolute atomic E-state index is 13.4. The molecule has 1 aromatic heterocycles. The molecule has 100 valence electrons. The zero-order chi connectivity index (χ0) is 13.7. The van der Waals surface area contributed by atoms with E-state index in [1.165, 1.54) is 12.4 Å². The van der Waals surface area contributed by atoms with Gasteiger partial charge >= 0.3 is 0 Å². The molecule has 5 heteroatoms. The van der Waals surface area contributed by atoms with E-state index < -0.39 is 0 Å². The molecule has 0 fully saturated rings. The second-order valence-corrected chi connectivity index (χ2v) is 4.38. The summed E-state index contributed by atoms with van der Waals surface area (Å²) in [6.45, 7) is 2.77. The van der Waals surface area contributed by atoms with Gasteiger partial charge < -0.3 is 0 Å². The molecule has 0 radical (unpaired) electrons. The molecule has 0 aliphatic rings. The smallest absolute Gasteiger partial charge is 0.144 e. The minimum absolute atomic E-state index is 0.0598. The molecule has 0 saturated heterocycles. The number of Topliss-reactive ketones (excluding diaryl/α,β-unsaturated/α-hetero) is 1. The molecule has 0 atom stereocenters. The van der Waals surface area contributed by atoms with Crippen LogP contribution in [0.3, 0.4) is 0 Å². The van der Waals surface area contributed by atoms with Crippen LogP contribution < -0.4 is 0 Å². The lowest BCUT2D eigenvalue weighted by molar-refractivity contribution is -0.118. The summed E-state index contributed by atoms with van der Waals surface area (Å²) in [5, 5.41) is 4.06. The second kappa shape index (κ2) is 6.22. The van der Waals surface area contributed by atoms with Gasteiger partial charge in [0.1, 0.15) is 23.8 Å². The van der Waals surface area contributed by atoms with Crippen LogP contribution in [-0.2, 0) is 24.2 Å². The van der Waals surface area contributed by atoms with Crippen molar-refractivity contribution < 1.29 is 9.18 Å². The molecule has 0 spiro atoms. The summed E-state index contributed by atoms with van der Waals surface area (Å²) in [4.78, 5) is 16.0. The van der Waals surface area contributed by atoms with Crippen LogP contribution >= 0.6 is 0 Å². The molecular formula is C14H16FN3O. The van der Waals surface area contributed by atoms with E-state index in [4.69, 9.17) is 0 Å². The van der Waals surface area contributed by atoms with Crippen LogP contribution in [0.25, 0.3) is 0 Å². The highest BCUT2D eigenvalue weighted by molar-refractivity contribution is 5.82. The Morgan fingerprint density at radius 3 is 2.84 bits per heavy atom. The standard InChI is InChI=1S/C14H16FN3O/c1-2-7-18-14(16-10-17-18)9-12(19)8-11-5-3-4-6-13(11)15/h3-6,10H,2,7-9H2,1H3. The molecule has 2 rings (SSSR count). The van der Waals surface area contributed by atoms with Gasteiger partial charge in [-0.05, 0) is 18.1 Å². The predicted molar refractivity (Wildman–Crippen MR) is 69.1 cm³/mol. The fraction of sp³-hybridized carbons (Fsp3) is 0.357. The number of aryl methyl sites for hydroxylation is 1. The Morgan fingerprint density at radius 1 is 1.32 bits per heavy atom. The van der Waals surface area contributed by atoms with Crippen molar-refractivity contribution in [3.63, 3.8) is 0 Å². The average molecular weight is 261 g/mol. The van der Waals surface area contributed by atoms with Crippen LogP contribution in [-0.4, -0.2) is 20.5 Å². The number of carbonyl (C=O) groups is 1. The molecule has 0 unspecified atom stereocenters. The van der Waals surface area contributed by atoms with Crippen molar-refractivity contribution in [3.05, 3.63) is 47.8 Å². The number of ketones is 1. The molecule has 0 N–H and O–H groups in total. The van der Waals surface area contributed by atoms with E-state index in [9.17, 15) is 9.18 Å². The first-order valence-electron chi connectivity index (χ1n) is 6.32. The Hall–Kier alpha value is -2.04. The fourth-order valence-corrected chi connectivity index (χ4v) is 1.92. The zero-order valence-corrected chi connectivity index (χ0v) is 10.8. The maximum Gasteiger partial charge on any atom is 0.144 e. The van der Waals surface area contributed by atoms with Gasteiger partial charge in [0.25, 0.3) is 0 Å². The summed E-state index contributed by atoms with van der Waals surface area (Å²) < 4.78 is 15.2. The normalized spacial score (nSPS) is 10.6. The number of aromatic nitrogens is 3. The third-order valence-electron chi connectivity index (χ3n) is 2.83. The van der Waals surface area contributed by atoms with Crippen molar-refractivity contribution in [1.82, 2.24) is 14.8 Å². The van der Waals surface area contributed by atoms with Gasteiger partial charge in [0.05, 0.1) is 6.42 Å². The molecule has 0 amide bonds. The maximum atomic E-state index is 13.4. The van der Waals surface area contributed by atoms with Crippen LogP contribution in [0.15, 0.2) is 30.6 Å². The highest BCUT2D eigenvalue weighted by Gasteiger charge is 2.12. The second-order valence-electron chi connectivity index (χ2n) is 4.38. The Morgan fingerprint density at radius 2 is 2.11 bits per heavy atom. The van der Waals surface area contributed by atoms with Crippen LogP contribution in [0, 0.1) is 5.82 Å². The SMILES string of the molecule is CCCn1ncnc1CC(=O)Cc1ccccc1F. The number of carbonyl (C=O) groups excluding carboxylic acids is 1. The van der Waals surface area contributed by atoms with Crippen LogP contribution in [0.4, 0.5) is 4.39 Å². The number of benzene rings is 1. The lowest BCUT2D eigenvalue weighted by atomic mass is 10.1. The highest BCUT2D eigenvalue weighted by Crippen LogP contribution is 2.09. The average Bonchev–Trinajstić information content (AvgIpc) is 2.80. The van der Waals surface area contributed by atoms with Gasteiger partial charge in [-0.1, -0.05) is 25.1 Å².